The quantitative estimate of drug-likeness (QED) is 0.825. The van der Waals surface area contributed by atoms with Gasteiger partial charge in [-0.2, -0.15) is 0 Å². The number of aliphatic hydroxyl groups excluding tert-OH is 1. The molecule has 5 heteroatoms. The number of anilines is 2. The number of hydrogen-bond donors (Lipinski definition) is 2. The monoisotopic (exact) mass is 244 g/mol. The molecule has 1 aromatic carbocycles. The molecule has 5 nitrogen and oxygen atoms in total. The van der Waals surface area contributed by atoms with E-state index in [4.69, 9.17) is 5.73 Å². The Hall–Kier alpha value is -1.88. The summed E-state index contributed by atoms with van der Waals surface area (Å²) in [5.74, 6) is 1.52. The Morgan fingerprint density at radius 3 is 2.67 bits per heavy atom. The number of rotatable bonds is 2. The molecular weight excluding hydrogens is 228 g/mol. The van der Waals surface area contributed by atoms with Crippen molar-refractivity contribution >= 4 is 22.7 Å². The van der Waals surface area contributed by atoms with E-state index < -0.39 is 0 Å². The van der Waals surface area contributed by atoms with Gasteiger partial charge in [0, 0.05) is 25.6 Å². The molecule has 0 saturated carbocycles. The fourth-order valence-electron chi connectivity index (χ4n) is 2.41. The number of nitrogen functional groups attached to an aromatic ring is 1. The number of aromatic nitrogens is 2. The molecule has 2 heterocycles. The minimum atomic E-state index is 0.220. The lowest BCUT2D eigenvalue weighted by molar-refractivity contribution is 0.238. The molecule has 1 saturated heterocycles. The van der Waals surface area contributed by atoms with E-state index in [9.17, 15) is 5.11 Å². The fraction of sp³-hybridized carbons (Fsp3) is 0.385. The van der Waals surface area contributed by atoms with E-state index in [1.807, 2.05) is 24.3 Å². The highest BCUT2D eigenvalue weighted by atomic mass is 16.3. The van der Waals surface area contributed by atoms with Crippen LogP contribution in [0, 0.1) is 5.92 Å². The molecule has 3 N–H and O–H groups in total. The van der Waals surface area contributed by atoms with Crippen LogP contribution < -0.4 is 10.6 Å². The van der Waals surface area contributed by atoms with E-state index in [1.165, 1.54) is 0 Å². The molecule has 0 unspecified atom stereocenters. The molecular formula is C13H16N4O. The minimum absolute atomic E-state index is 0.220. The van der Waals surface area contributed by atoms with Gasteiger partial charge in [-0.1, -0.05) is 12.1 Å². The molecule has 1 atom stereocenters. The predicted octanol–water partition coefficient (Wildman–Crippen LogP) is 1.03. The lowest BCUT2D eigenvalue weighted by atomic mass is 10.1. The molecule has 1 aliphatic heterocycles. The van der Waals surface area contributed by atoms with Crippen molar-refractivity contribution in [1.29, 1.82) is 0 Å². The van der Waals surface area contributed by atoms with Crippen LogP contribution in [0.2, 0.25) is 0 Å². The Labute approximate surface area is 105 Å². The van der Waals surface area contributed by atoms with Gasteiger partial charge in [0.2, 0.25) is 0 Å². The van der Waals surface area contributed by atoms with Gasteiger partial charge < -0.3 is 15.7 Å². The second-order valence-electron chi connectivity index (χ2n) is 4.70. The summed E-state index contributed by atoms with van der Waals surface area (Å²) < 4.78 is 0. The molecule has 3 rings (SSSR count). The predicted molar refractivity (Wildman–Crippen MR) is 71.4 cm³/mol. The van der Waals surface area contributed by atoms with Crippen LogP contribution in [0.3, 0.4) is 0 Å². The lowest BCUT2D eigenvalue weighted by Crippen LogP contribution is -2.23. The van der Waals surface area contributed by atoms with E-state index in [1.54, 1.807) is 0 Å². The zero-order chi connectivity index (χ0) is 12.5. The van der Waals surface area contributed by atoms with Gasteiger partial charge >= 0.3 is 0 Å². The maximum Gasteiger partial charge on any atom is 0.172 e. The number of fused-ring (bicyclic) bond motifs is 1. The topological polar surface area (TPSA) is 75.3 Å². The molecule has 0 radical (unpaired) electrons. The molecule has 0 bridgehead atoms. The number of hydrogen-bond acceptors (Lipinski definition) is 5. The zero-order valence-corrected chi connectivity index (χ0v) is 10.1. The molecule has 2 aromatic rings. The summed E-state index contributed by atoms with van der Waals surface area (Å²) in [6.45, 7) is 1.90. The second kappa shape index (κ2) is 4.42. The molecule has 1 fully saturated rings. The smallest absolute Gasteiger partial charge is 0.172 e. The Morgan fingerprint density at radius 2 is 2.00 bits per heavy atom. The molecule has 94 valence electrons. The van der Waals surface area contributed by atoms with Crippen molar-refractivity contribution in [2.45, 2.75) is 6.42 Å². The van der Waals surface area contributed by atoms with Gasteiger partial charge in [-0.3, -0.25) is 0 Å². The molecule has 18 heavy (non-hydrogen) atoms. The van der Waals surface area contributed by atoms with Crippen molar-refractivity contribution < 1.29 is 5.11 Å². The standard InChI is InChI=1S/C13H16N4O/c14-12-13(17-6-5-9(7-17)8-18)16-11-4-2-1-3-10(11)15-12/h1-4,9,18H,5-8H2,(H2,14,15)/t9-/m0/s1. The van der Waals surface area contributed by atoms with Crippen LogP contribution in [0.5, 0.6) is 0 Å². The number of nitrogens with zero attached hydrogens (tertiary/aromatic N) is 3. The van der Waals surface area contributed by atoms with Gasteiger partial charge in [0.25, 0.3) is 0 Å². The third-order valence-corrected chi connectivity index (χ3v) is 3.42. The van der Waals surface area contributed by atoms with Crippen molar-refractivity contribution in [2.24, 2.45) is 5.92 Å². The van der Waals surface area contributed by atoms with E-state index in [-0.39, 0.29) is 6.61 Å². The molecule has 0 aliphatic carbocycles. The van der Waals surface area contributed by atoms with E-state index in [2.05, 4.69) is 14.9 Å². The van der Waals surface area contributed by atoms with Crippen LogP contribution in [0.25, 0.3) is 11.0 Å². The van der Waals surface area contributed by atoms with Crippen LogP contribution in [-0.4, -0.2) is 34.8 Å². The van der Waals surface area contributed by atoms with Gasteiger partial charge in [-0.25, -0.2) is 9.97 Å². The normalized spacial score (nSPS) is 19.6. The second-order valence-corrected chi connectivity index (χ2v) is 4.70. The largest absolute Gasteiger partial charge is 0.396 e. The summed E-state index contributed by atoms with van der Waals surface area (Å²) >= 11 is 0. The third-order valence-electron chi connectivity index (χ3n) is 3.42. The van der Waals surface area contributed by atoms with Crippen LogP contribution in [0.15, 0.2) is 24.3 Å². The highest BCUT2D eigenvalue weighted by molar-refractivity contribution is 5.79. The molecule has 0 spiro atoms. The Morgan fingerprint density at radius 1 is 1.28 bits per heavy atom. The highest BCUT2D eigenvalue weighted by Gasteiger charge is 2.24. The maximum absolute atomic E-state index is 9.18. The first kappa shape index (κ1) is 11.2. The van der Waals surface area contributed by atoms with Crippen molar-refractivity contribution in [1.82, 2.24) is 9.97 Å². The molecule has 0 amide bonds. The van der Waals surface area contributed by atoms with Crippen molar-refractivity contribution in [2.75, 3.05) is 30.3 Å². The summed E-state index contributed by atoms with van der Waals surface area (Å²) in [6.07, 6.45) is 0.977. The number of para-hydroxylation sites is 2. The maximum atomic E-state index is 9.18. The summed E-state index contributed by atoms with van der Waals surface area (Å²) in [5, 5.41) is 9.18. The third kappa shape index (κ3) is 1.86. The average Bonchev–Trinajstić information content (AvgIpc) is 2.86. The average molecular weight is 244 g/mol. The summed E-state index contributed by atoms with van der Waals surface area (Å²) in [6, 6.07) is 7.71. The Bertz CT molecular complexity index is 572. The van der Waals surface area contributed by atoms with Crippen molar-refractivity contribution in [3.63, 3.8) is 0 Å². The van der Waals surface area contributed by atoms with Gasteiger partial charge in [-0.15, -0.1) is 0 Å². The Balaban J connectivity index is 1.99. The van der Waals surface area contributed by atoms with Crippen LogP contribution in [0.4, 0.5) is 11.6 Å². The first-order valence-corrected chi connectivity index (χ1v) is 6.16. The number of nitrogens with two attached hydrogens (primary N) is 1. The highest BCUT2D eigenvalue weighted by Crippen LogP contribution is 2.27. The van der Waals surface area contributed by atoms with Gasteiger partial charge in [0.05, 0.1) is 11.0 Å². The van der Waals surface area contributed by atoms with Crippen molar-refractivity contribution in [3.8, 4) is 0 Å². The summed E-state index contributed by atoms with van der Waals surface area (Å²) in [5.41, 5.74) is 7.65. The molecule has 1 aliphatic rings. The first-order chi connectivity index (χ1) is 8.78. The van der Waals surface area contributed by atoms with Crippen molar-refractivity contribution in [3.05, 3.63) is 24.3 Å². The van der Waals surface area contributed by atoms with E-state index in [0.717, 1.165) is 36.4 Å². The van der Waals surface area contributed by atoms with Gasteiger partial charge in [0.15, 0.2) is 11.6 Å². The lowest BCUT2D eigenvalue weighted by Gasteiger charge is -2.18. The summed E-state index contributed by atoms with van der Waals surface area (Å²) in [7, 11) is 0. The van der Waals surface area contributed by atoms with Crippen LogP contribution in [0.1, 0.15) is 6.42 Å². The van der Waals surface area contributed by atoms with Crippen LogP contribution in [-0.2, 0) is 0 Å². The zero-order valence-electron chi connectivity index (χ0n) is 10.1. The van der Waals surface area contributed by atoms with Gasteiger partial charge in [0.1, 0.15) is 0 Å². The number of aliphatic hydroxyl groups is 1. The van der Waals surface area contributed by atoms with E-state index >= 15 is 0 Å². The fourth-order valence-corrected chi connectivity index (χ4v) is 2.41. The Kier molecular flexibility index (Phi) is 2.76. The number of benzene rings is 1. The first-order valence-electron chi connectivity index (χ1n) is 6.16. The summed E-state index contributed by atoms with van der Waals surface area (Å²) in [4.78, 5) is 11.1. The van der Waals surface area contributed by atoms with Gasteiger partial charge in [-0.05, 0) is 18.6 Å². The van der Waals surface area contributed by atoms with Crippen LogP contribution >= 0.6 is 0 Å². The van der Waals surface area contributed by atoms with E-state index in [0.29, 0.717) is 11.7 Å². The molecule has 1 aromatic heterocycles. The SMILES string of the molecule is Nc1nc2ccccc2nc1N1CC[C@H](CO)C1. The minimum Gasteiger partial charge on any atom is -0.396 e.